The summed E-state index contributed by atoms with van der Waals surface area (Å²) in [6.07, 6.45) is 2.15. The first-order valence-electron chi connectivity index (χ1n) is 13.9. The highest BCUT2D eigenvalue weighted by Crippen LogP contribution is 2.41. The number of halogens is 3. The van der Waals surface area contributed by atoms with E-state index < -0.39 is 45.7 Å². The van der Waals surface area contributed by atoms with E-state index in [1.54, 1.807) is 0 Å². The number of carbonyl (C=O) groups excluding carboxylic acids is 2. The Labute approximate surface area is 242 Å². The van der Waals surface area contributed by atoms with Gasteiger partial charge in [-0.15, -0.1) is 4.72 Å². The maximum Gasteiger partial charge on any atom is 0.410 e. The molecule has 2 amide bonds. The van der Waals surface area contributed by atoms with E-state index in [0.717, 1.165) is 24.5 Å². The number of hydrogen-bond acceptors (Lipinski definition) is 5. The van der Waals surface area contributed by atoms with Crippen LogP contribution >= 0.6 is 0 Å². The van der Waals surface area contributed by atoms with Crippen LogP contribution < -0.4 is 4.72 Å². The highest BCUT2D eigenvalue weighted by Gasteiger charge is 2.46. The van der Waals surface area contributed by atoms with Gasteiger partial charge < -0.3 is 19.1 Å². The van der Waals surface area contributed by atoms with Crippen LogP contribution in [-0.4, -0.2) is 62.8 Å². The molecule has 2 fully saturated rings. The number of fused-ring (bicyclic) bond motifs is 2. The molecule has 2 aromatic carbocycles. The molecule has 4 rings (SSSR count). The van der Waals surface area contributed by atoms with Crippen LogP contribution in [0.3, 0.4) is 0 Å². The van der Waals surface area contributed by atoms with Crippen molar-refractivity contribution in [2.75, 3.05) is 13.6 Å². The van der Waals surface area contributed by atoms with Gasteiger partial charge in [0.15, 0.2) is 11.6 Å². The molecule has 1 N–H and O–H groups in total. The predicted molar refractivity (Wildman–Crippen MR) is 150 cm³/mol. The normalized spacial score (nSPS) is 21.9. The second-order valence-corrected chi connectivity index (χ2v) is 14.0. The summed E-state index contributed by atoms with van der Waals surface area (Å²) in [4.78, 5) is 28.9. The second kappa shape index (κ2) is 13.0. The minimum Gasteiger partial charge on any atom is -0.598 e. The van der Waals surface area contributed by atoms with E-state index in [1.807, 2.05) is 56.0 Å². The number of nitrogens with zero attached hydrogens (tertiary/aromatic N) is 2. The molecule has 224 valence electrons. The minimum absolute atomic E-state index is 0.00815. The Hall–Kier alpha value is -2.76. The van der Waals surface area contributed by atoms with Gasteiger partial charge in [0, 0.05) is 36.6 Å². The molecule has 41 heavy (non-hydrogen) atoms. The molecule has 0 spiro atoms. The summed E-state index contributed by atoms with van der Waals surface area (Å²) in [5.74, 6) is -3.50. The topological polar surface area (TPSA) is 84.9 Å². The van der Waals surface area contributed by atoms with Gasteiger partial charge in [0.1, 0.15) is 23.7 Å². The molecule has 0 aliphatic carbocycles. The van der Waals surface area contributed by atoms with Gasteiger partial charge in [0.25, 0.3) is 0 Å². The fraction of sp³-hybridized carbons (Fsp3) is 0.533. The van der Waals surface area contributed by atoms with Crippen molar-refractivity contribution in [3.8, 4) is 0 Å². The molecule has 2 aliphatic heterocycles. The van der Waals surface area contributed by atoms with Crippen LogP contribution in [0.5, 0.6) is 0 Å². The molecular weight excluding hydrogens is 555 g/mol. The fourth-order valence-corrected chi connectivity index (χ4v) is 6.61. The zero-order valence-electron chi connectivity index (χ0n) is 23.9. The molecule has 2 aliphatic rings. The molecule has 0 aromatic heterocycles. The highest BCUT2D eigenvalue weighted by molar-refractivity contribution is 7.90. The number of benzene rings is 2. The summed E-state index contributed by atoms with van der Waals surface area (Å²) in [6.45, 7) is 5.44. The quantitative estimate of drug-likeness (QED) is 0.323. The van der Waals surface area contributed by atoms with E-state index in [9.17, 15) is 27.3 Å². The number of amides is 2. The van der Waals surface area contributed by atoms with Crippen LogP contribution in [0, 0.1) is 23.4 Å². The van der Waals surface area contributed by atoms with Crippen molar-refractivity contribution in [3.05, 3.63) is 71.0 Å². The summed E-state index contributed by atoms with van der Waals surface area (Å²) in [5.41, 5.74) is 0.855. The second-order valence-electron chi connectivity index (χ2n) is 12.0. The van der Waals surface area contributed by atoms with Crippen molar-refractivity contribution in [1.29, 1.82) is 0 Å². The van der Waals surface area contributed by atoms with Crippen LogP contribution in [-0.2, 0) is 33.9 Å². The Morgan fingerprint density at radius 2 is 1.68 bits per heavy atom. The number of ether oxygens (including phenoxy) is 1. The Kier molecular flexibility index (Phi) is 9.92. The van der Waals surface area contributed by atoms with Crippen LogP contribution in [0.4, 0.5) is 18.0 Å². The number of piperidine rings is 1. The number of carbonyl (C=O) groups is 2. The van der Waals surface area contributed by atoms with Crippen molar-refractivity contribution in [1.82, 2.24) is 14.5 Å². The van der Waals surface area contributed by atoms with Crippen molar-refractivity contribution in [2.24, 2.45) is 5.92 Å². The maximum atomic E-state index is 14.6. The standard InChI is InChI=1S/C30H38F3N3O4S/c1-30(2,3)41(39)34-27(15-20-14-25(32)26(33)16-24(20)31)21-12-22-10-11-23(13-21)36(22)28(37)17-35(4)29(38)40-18-19-8-6-5-7-9-19/h5-9,14,16,21-23,27,34H,10-13,15,17-18H2,1-4H3/t21-,22-,23+,27-,41+/m1/s1. The van der Waals surface area contributed by atoms with Crippen molar-refractivity contribution >= 4 is 23.4 Å². The highest BCUT2D eigenvalue weighted by atomic mass is 32.2. The third kappa shape index (κ3) is 7.75. The third-order valence-electron chi connectivity index (χ3n) is 7.86. The molecule has 7 nitrogen and oxygen atoms in total. The van der Waals surface area contributed by atoms with E-state index >= 15 is 0 Å². The predicted octanol–water partition coefficient (Wildman–Crippen LogP) is 5.11. The van der Waals surface area contributed by atoms with Gasteiger partial charge in [0.2, 0.25) is 5.91 Å². The average Bonchev–Trinajstić information content (AvgIpc) is 3.19. The summed E-state index contributed by atoms with van der Waals surface area (Å²) < 4.78 is 63.1. The Bertz CT molecular complexity index is 1220. The monoisotopic (exact) mass is 593 g/mol. The fourth-order valence-electron chi connectivity index (χ4n) is 5.71. The lowest BCUT2D eigenvalue weighted by atomic mass is 9.82. The summed E-state index contributed by atoms with van der Waals surface area (Å²) in [5, 5.41) is 0. The molecular formula is C30H38F3N3O4S. The Morgan fingerprint density at radius 1 is 1.07 bits per heavy atom. The number of nitrogens with one attached hydrogen (secondary N) is 1. The van der Waals surface area contributed by atoms with E-state index in [0.29, 0.717) is 18.9 Å². The average molecular weight is 594 g/mol. The first-order chi connectivity index (χ1) is 19.3. The number of hydrogen-bond donors (Lipinski definition) is 1. The summed E-state index contributed by atoms with van der Waals surface area (Å²) in [7, 11) is 1.53. The Morgan fingerprint density at radius 3 is 2.29 bits per heavy atom. The molecule has 2 aromatic rings. The van der Waals surface area contributed by atoms with E-state index in [1.165, 1.54) is 11.9 Å². The van der Waals surface area contributed by atoms with Crippen LogP contribution in [0.25, 0.3) is 0 Å². The smallest absolute Gasteiger partial charge is 0.410 e. The lowest BCUT2D eigenvalue weighted by molar-refractivity contribution is -0.137. The van der Waals surface area contributed by atoms with Crippen molar-refractivity contribution in [3.63, 3.8) is 0 Å². The Balaban J connectivity index is 1.42. The van der Waals surface area contributed by atoms with E-state index in [-0.39, 0.29) is 49.0 Å². The summed E-state index contributed by atoms with van der Waals surface area (Å²) in [6, 6.07) is 10.00. The van der Waals surface area contributed by atoms with Gasteiger partial charge in [-0.2, -0.15) is 0 Å². The lowest BCUT2D eigenvalue weighted by Gasteiger charge is -2.42. The van der Waals surface area contributed by atoms with Crippen molar-refractivity contribution in [2.45, 2.75) is 82.4 Å². The third-order valence-corrected chi connectivity index (χ3v) is 9.49. The van der Waals surface area contributed by atoms with Gasteiger partial charge in [-0.3, -0.25) is 4.79 Å². The minimum atomic E-state index is -1.49. The van der Waals surface area contributed by atoms with Gasteiger partial charge in [-0.25, -0.2) is 18.0 Å². The first kappa shape index (κ1) is 31.2. The maximum absolute atomic E-state index is 14.6. The molecule has 0 unspecified atom stereocenters. The number of rotatable bonds is 9. The van der Waals surface area contributed by atoms with Gasteiger partial charge in [-0.1, -0.05) is 30.3 Å². The molecule has 11 heteroatoms. The molecule has 2 bridgehead atoms. The molecule has 0 radical (unpaired) electrons. The van der Waals surface area contributed by atoms with Crippen LogP contribution in [0.1, 0.15) is 57.6 Å². The zero-order valence-corrected chi connectivity index (χ0v) is 24.7. The SMILES string of the molecule is CN(CC(=O)N1[C@@H]2CC[C@H]1C[C@H]([C@@H](Cc1cc(F)c(F)cc1F)N[S@@+]([O-])C(C)(C)C)C2)C(=O)OCc1ccccc1. The largest absolute Gasteiger partial charge is 0.598 e. The van der Waals surface area contributed by atoms with Crippen molar-refractivity contribution < 1.29 is 32.0 Å². The molecule has 5 atom stereocenters. The molecule has 0 saturated carbocycles. The molecule has 2 saturated heterocycles. The van der Waals surface area contributed by atoms with Gasteiger partial charge >= 0.3 is 6.09 Å². The number of likely N-dealkylation sites (N-methyl/N-ethyl adjacent to an activating group) is 1. The molecule has 2 heterocycles. The first-order valence-corrected chi connectivity index (χ1v) is 15.0. The van der Waals surface area contributed by atoms with Crippen LogP contribution in [0.2, 0.25) is 0 Å². The summed E-state index contributed by atoms with van der Waals surface area (Å²) >= 11 is -1.49. The van der Waals surface area contributed by atoms with Crippen LogP contribution in [0.15, 0.2) is 42.5 Å². The van der Waals surface area contributed by atoms with Gasteiger partial charge in [0.05, 0.1) is 6.04 Å². The zero-order chi connectivity index (χ0) is 29.9. The van der Waals surface area contributed by atoms with E-state index in [4.69, 9.17) is 4.74 Å². The van der Waals surface area contributed by atoms with Gasteiger partial charge in [-0.05, 0) is 76.0 Å². The lowest BCUT2D eigenvalue weighted by Crippen LogP contribution is -2.55. The van der Waals surface area contributed by atoms with E-state index in [2.05, 4.69) is 4.72 Å².